The van der Waals surface area contributed by atoms with Crippen LogP contribution in [0.15, 0.2) is 109 Å². The van der Waals surface area contributed by atoms with Crippen LogP contribution in [0.5, 0.6) is 0 Å². The Hall–Kier alpha value is -5.32. The average molecular weight is 706 g/mol. The molecule has 256 valence electrons. The van der Waals surface area contributed by atoms with Gasteiger partial charge in [0, 0.05) is 59.0 Å². The predicted molar refractivity (Wildman–Crippen MR) is 194 cm³/mol. The minimum absolute atomic E-state index is 1.01. The van der Waals surface area contributed by atoms with Crippen molar-refractivity contribution in [2.45, 2.75) is 44.3 Å². The lowest BCUT2D eigenvalue weighted by Crippen LogP contribution is -2.38. The van der Waals surface area contributed by atoms with Crippen molar-refractivity contribution in [1.29, 1.82) is 0 Å². The van der Waals surface area contributed by atoms with Crippen LogP contribution in [0.4, 0.5) is 13.2 Å². The molecule has 4 aromatic carbocycles. The van der Waals surface area contributed by atoms with Crippen LogP contribution in [-0.2, 0) is 36.0 Å². The number of hydrogen-bond donors (Lipinski definition) is 2. The van der Waals surface area contributed by atoms with Crippen LogP contribution in [0.2, 0.25) is 0 Å². The van der Waals surface area contributed by atoms with E-state index in [2.05, 4.69) is 136 Å². The first-order valence-corrected chi connectivity index (χ1v) is 18.3. The van der Waals surface area contributed by atoms with Gasteiger partial charge in [0.25, 0.3) is 0 Å². The molecule has 2 N–H and O–H groups in total. The molecule has 0 spiro atoms. The van der Waals surface area contributed by atoms with Gasteiger partial charge in [0.05, 0.1) is 16.6 Å². The van der Waals surface area contributed by atoms with Gasteiger partial charge in [-0.3, -0.25) is 4.55 Å². The topological polar surface area (TPSA) is 77.9 Å². The smallest absolute Gasteiger partial charge is 0.360 e. The number of aromatic nitrogens is 3. The highest BCUT2D eigenvalue weighted by Gasteiger charge is 2.44. The molecule has 2 aliphatic rings. The molecule has 7 aromatic rings. The molecule has 0 fully saturated rings. The number of aromatic amines is 1. The number of H-pyrrole nitrogens is 1. The van der Waals surface area contributed by atoms with Crippen molar-refractivity contribution >= 4 is 54.8 Å². The predicted octanol–water partition coefficient (Wildman–Crippen LogP) is 8.84. The summed E-state index contributed by atoms with van der Waals surface area (Å²) in [6.45, 7) is 2.06. The van der Waals surface area contributed by atoms with Crippen molar-refractivity contribution in [2.75, 3.05) is 0 Å². The van der Waals surface area contributed by atoms with Crippen LogP contribution < -0.4 is 9.13 Å². The van der Waals surface area contributed by atoms with E-state index in [1.807, 2.05) is 0 Å². The Bertz CT molecular complexity index is 2630. The normalized spacial score (nSPS) is 14.3. The van der Waals surface area contributed by atoms with Crippen molar-refractivity contribution in [3.05, 3.63) is 132 Å². The van der Waals surface area contributed by atoms with E-state index in [0.717, 1.165) is 38.8 Å². The van der Waals surface area contributed by atoms with Gasteiger partial charge in [-0.25, -0.2) is 0 Å². The number of nitrogens with zero attached hydrogens (tertiary/aromatic N) is 2. The van der Waals surface area contributed by atoms with E-state index in [4.69, 9.17) is 13.0 Å². The largest absolute Gasteiger partial charge is 0.522 e. The molecule has 51 heavy (non-hydrogen) atoms. The summed E-state index contributed by atoms with van der Waals surface area (Å²) < 4.78 is 62.6. The summed E-state index contributed by atoms with van der Waals surface area (Å²) in [7, 11) is -5.84. The Balaban J connectivity index is 0.000000421. The highest BCUT2D eigenvalue weighted by Crippen LogP contribution is 2.41. The first kappa shape index (κ1) is 32.9. The molecule has 9 rings (SSSR count). The van der Waals surface area contributed by atoms with Gasteiger partial charge >= 0.3 is 15.6 Å². The Morgan fingerprint density at radius 1 is 0.725 bits per heavy atom. The Kier molecular flexibility index (Phi) is 8.23. The fourth-order valence-electron chi connectivity index (χ4n) is 7.65. The maximum absolute atomic E-state index is 10.7. The quantitative estimate of drug-likeness (QED) is 0.107. The molecule has 2 aliphatic heterocycles. The molecule has 0 unspecified atom stereocenters. The molecule has 0 aliphatic carbocycles. The van der Waals surface area contributed by atoms with Gasteiger partial charge in [-0.2, -0.15) is 30.7 Å². The fourth-order valence-corrected chi connectivity index (χ4v) is 7.65. The Morgan fingerprint density at radius 2 is 1.39 bits per heavy atom. The van der Waals surface area contributed by atoms with Crippen molar-refractivity contribution in [3.8, 4) is 22.5 Å². The molecule has 3 aromatic heterocycles. The minimum atomic E-state index is -5.84. The maximum Gasteiger partial charge on any atom is 0.522 e. The van der Waals surface area contributed by atoms with Gasteiger partial charge in [-0.1, -0.05) is 66.7 Å². The minimum Gasteiger partial charge on any atom is -0.360 e. The number of hydrogen-bond acceptors (Lipinski definition) is 2. The van der Waals surface area contributed by atoms with Crippen molar-refractivity contribution < 1.29 is 35.3 Å². The number of fused-ring (bicyclic) bond motifs is 12. The maximum atomic E-state index is 10.7. The van der Waals surface area contributed by atoms with E-state index in [-0.39, 0.29) is 0 Å². The van der Waals surface area contributed by atoms with Crippen LogP contribution in [0, 0.1) is 0 Å². The van der Waals surface area contributed by atoms with Gasteiger partial charge in [-0.05, 0) is 59.2 Å². The van der Waals surface area contributed by atoms with Crippen molar-refractivity contribution in [1.82, 2.24) is 4.98 Å². The number of aryl methyl sites for hydroxylation is 4. The van der Waals surface area contributed by atoms with Crippen LogP contribution in [0.1, 0.15) is 35.1 Å². The molecule has 0 amide bonds. The molecule has 6 nitrogen and oxygen atoms in total. The number of halogens is 3. The van der Waals surface area contributed by atoms with Crippen molar-refractivity contribution in [3.63, 3.8) is 0 Å². The van der Waals surface area contributed by atoms with Crippen molar-refractivity contribution in [2.24, 2.45) is 0 Å². The van der Waals surface area contributed by atoms with E-state index in [1.54, 1.807) is 0 Å². The number of nitrogens with one attached hydrogen (secondary N) is 1. The number of benzene rings is 4. The number of para-hydroxylation sites is 1. The highest BCUT2D eigenvalue weighted by molar-refractivity contribution is 7.86. The molecule has 0 radical (unpaired) electrons. The summed E-state index contributed by atoms with van der Waals surface area (Å²) in [5, 5.41) is 5.08. The van der Waals surface area contributed by atoms with Gasteiger partial charge in [0.2, 0.25) is 16.9 Å². The average Bonchev–Trinajstić information content (AvgIpc) is 3.30. The summed E-state index contributed by atoms with van der Waals surface area (Å²) in [5.41, 5.74) is 7.94. The lowest BCUT2D eigenvalue weighted by atomic mass is 9.87. The van der Waals surface area contributed by atoms with Gasteiger partial charge in [0.15, 0.2) is 6.20 Å². The van der Waals surface area contributed by atoms with Gasteiger partial charge < -0.3 is 4.98 Å². The summed E-state index contributed by atoms with van der Waals surface area (Å²) in [4.78, 5) is 3.58. The van der Waals surface area contributed by atoms with Gasteiger partial charge in [0.1, 0.15) is 13.1 Å². The second-order valence-corrected chi connectivity index (χ2v) is 14.4. The third-order valence-corrected chi connectivity index (χ3v) is 10.5. The van der Waals surface area contributed by atoms with E-state index >= 15 is 0 Å². The standard InChI is InChI=1S/C40H32N3.CHF3O3S/c1-3-13-33-27(9-1)20-21-34-32(26-41-39(33)34)19-18-31-25-30-10-2-4-14-35(30)43-24-8-12-29-17-16-28-11-7-23-42-22-6-5-15-36(42)37(28)38(29)40(31)43;2-1(3,4)8(5,6)7/h1-6,9-10,13-22,25-26H,7-8,11-12,23-24H2;(H,5,6,7)/q+1;/p+1. The lowest BCUT2D eigenvalue weighted by molar-refractivity contribution is -0.686. The first-order chi connectivity index (χ1) is 24.6. The molecule has 0 saturated carbocycles. The third kappa shape index (κ3) is 5.98. The zero-order valence-corrected chi connectivity index (χ0v) is 28.3. The number of alkyl halides is 3. The van der Waals surface area contributed by atoms with E-state index in [9.17, 15) is 13.2 Å². The SMILES string of the molecule is C(=C\c1c[nH]c2c1ccc1ccccc12)/c1cc2ccccc2[n+]2c1-c1c(ccc3c1-c1cccc[n+]1CCC3)CCC2.O=S(=O)(O)C(F)(F)F. The molecular formula is C41H34F3N3O3S+2. The molecule has 0 saturated heterocycles. The zero-order chi connectivity index (χ0) is 35.3. The number of pyridine rings is 2. The molecule has 5 heterocycles. The van der Waals surface area contributed by atoms with Crippen LogP contribution in [0.25, 0.3) is 67.2 Å². The summed E-state index contributed by atoms with van der Waals surface area (Å²) in [5.74, 6) is 0. The van der Waals surface area contributed by atoms with Crippen LogP contribution >= 0.6 is 0 Å². The highest BCUT2D eigenvalue weighted by atomic mass is 32.2. The summed E-state index contributed by atoms with van der Waals surface area (Å²) in [6.07, 6.45) is 13.6. The summed E-state index contributed by atoms with van der Waals surface area (Å²) >= 11 is 0. The number of rotatable bonds is 2. The monoisotopic (exact) mass is 705 g/mol. The first-order valence-electron chi connectivity index (χ1n) is 16.9. The van der Waals surface area contributed by atoms with Gasteiger partial charge in [-0.15, -0.1) is 0 Å². The Morgan fingerprint density at radius 3 is 2.18 bits per heavy atom. The van der Waals surface area contributed by atoms with Crippen LogP contribution in [0.3, 0.4) is 0 Å². The van der Waals surface area contributed by atoms with E-state index in [1.165, 1.54) is 77.3 Å². The third-order valence-electron chi connectivity index (χ3n) is 9.91. The second-order valence-electron chi connectivity index (χ2n) is 13.0. The van der Waals surface area contributed by atoms with E-state index < -0.39 is 15.6 Å². The molecule has 0 atom stereocenters. The molecule has 0 bridgehead atoms. The van der Waals surface area contributed by atoms with E-state index in [0.29, 0.717) is 0 Å². The lowest BCUT2D eigenvalue weighted by Gasteiger charge is -2.15. The summed E-state index contributed by atoms with van der Waals surface area (Å²) in [6, 6.07) is 36.0. The zero-order valence-electron chi connectivity index (χ0n) is 27.5. The second kappa shape index (κ2) is 12.8. The molecular weight excluding hydrogens is 672 g/mol. The Labute approximate surface area is 292 Å². The fraction of sp³-hybridized carbons (Fsp3) is 0.171. The van der Waals surface area contributed by atoms with Crippen LogP contribution in [-0.4, -0.2) is 23.5 Å². The molecule has 10 heteroatoms.